The molecule has 0 aliphatic heterocycles. The van der Waals surface area contributed by atoms with Crippen molar-refractivity contribution in [2.24, 2.45) is 0 Å². The predicted molar refractivity (Wildman–Crippen MR) is 100 cm³/mol. The summed E-state index contributed by atoms with van der Waals surface area (Å²) in [4.78, 5) is 20.3. The van der Waals surface area contributed by atoms with Gasteiger partial charge in [0.2, 0.25) is 0 Å². The first-order chi connectivity index (χ1) is 12.2. The van der Waals surface area contributed by atoms with Gasteiger partial charge in [-0.3, -0.25) is 4.79 Å². The van der Waals surface area contributed by atoms with E-state index in [1.54, 1.807) is 24.6 Å². The molecule has 2 aromatic carbocycles. The van der Waals surface area contributed by atoms with Crippen LogP contribution in [0.15, 0.2) is 60.0 Å². The maximum atomic E-state index is 12.5. The third kappa shape index (κ3) is 2.99. The summed E-state index contributed by atoms with van der Waals surface area (Å²) in [5.74, 6) is 0.352. The van der Waals surface area contributed by atoms with Crippen molar-refractivity contribution in [1.82, 2.24) is 9.97 Å². The summed E-state index contributed by atoms with van der Waals surface area (Å²) in [5.41, 5.74) is 2.95. The van der Waals surface area contributed by atoms with Crippen molar-refractivity contribution in [2.75, 3.05) is 12.4 Å². The monoisotopic (exact) mass is 349 g/mol. The second-order valence-corrected chi connectivity index (χ2v) is 6.32. The van der Waals surface area contributed by atoms with Crippen LogP contribution in [-0.4, -0.2) is 23.0 Å². The van der Waals surface area contributed by atoms with Gasteiger partial charge in [0, 0.05) is 16.3 Å². The van der Waals surface area contributed by atoms with Gasteiger partial charge in [-0.2, -0.15) is 0 Å². The van der Waals surface area contributed by atoms with Crippen molar-refractivity contribution in [3.05, 3.63) is 65.7 Å². The molecule has 1 amide bonds. The molecule has 0 radical (unpaired) electrons. The maximum absolute atomic E-state index is 12.5. The number of hydrogen-bond donors (Lipinski definition) is 2. The molecular formula is C19H15N3O2S. The number of carbonyl (C=O) groups is 1. The van der Waals surface area contributed by atoms with E-state index in [0.717, 1.165) is 21.6 Å². The Morgan fingerprint density at radius 1 is 1.16 bits per heavy atom. The fraction of sp³-hybridized carbons (Fsp3) is 0.0526. The van der Waals surface area contributed by atoms with E-state index in [0.29, 0.717) is 17.1 Å². The van der Waals surface area contributed by atoms with Crippen LogP contribution in [0.4, 0.5) is 5.69 Å². The molecule has 0 bridgehead atoms. The highest BCUT2D eigenvalue weighted by atomic mass is 32.1. The second-order valence-electron chi connectivity index (χ2n) is 5.46. The third-order valence-corrected chi connectivity index (χ3v) is 4.73. The number of methoxy groups -OCH3 is 1. The van der Waals surface area contributed by atoms with Crippen molar-refractivity contribution in [3.8, 4) is 16.5 Å². The van der Waals surface area contributed by atoms with Crippen LogP contribution in [0.2, 0.25) is 0 Å². The van der Waals surface area contributed by atoms with Crippen molar-refractivity contribution < 1.29 is 9.53 Å². The molecule has 0 aliphatic carbocycles. The number of nitrogens with zero attached hydrogens (tertiary/aromatic N) is 1. The highest BCUT2D eigenvalue weighted by Crippen LogP contribution is 2.28. The standard InChI is InChI=1S/C19H15N3O2S/c1-24-17-9-5-4-8-14(17)21-18(23)16-11-25-19(22-16)15-10-12-6-2-3-7-13(12)20-15/h2-11,20H,1H3,(H,21,23). The summed E-state index contributed by atoms with van der Waals surface area (Å²) < 4.78 is 5.25. The quantitative estimate of drug-likeness (QED) is 0.568. The molecule has 5 nitrogen and oxygen atoms in total. The van der Waals surface area contributed by atoms with E-state index in [-0.39, 0.29) is 5.91 Å². The SMILES string of the molecule is COc1ccccc1NC(=O)c1csc(-c2cc3ccccc3[nH]2)n1. The molecule has 124 valence electrons. The Bertz CT molecular complexity index is 1020. The molecule has 4 aromatic rings. The largest absolute Gasteiger partial charge is 0.495 e. The number of fused-ring (bicyclic) bond motifs is 1. The number of rotatable bonds is 4. The van der Waals surface area contributed by atoms with E-state index in [9.17, 15) is 4.79 Å². The Morgan fingerprint density at radius 2 is 1.96 bits per heavy atom. The lowest BCUT2D eigenvalue weighted by atomic mass is 10.2. The van der Waals surface area contributed by atoms with Gasteiger partial charge in [-0.25, -0.2) is 4.98 Å². The van der Waals surface area contributed by atoms with Gasteiger partial charge in [-0.05, 0) is 24.3 Å². The first kappa shape index (κ1) is 15.4. The van der Waals surface area contributed by atoms with Gasteiger partial charge in [0.25, 0.3) is 5.91 Å². The Kier molecular flexibility index (Phi) is 3.95. The second kappa shape index (κ2) is 6.41. The summed E-state index contributed by atoms with van der Waals surface area (Å²) in [6, 6.07) is 17.4. The zero-order valence-electron chi connectivity index (χ0n) is 13.4. The van der Waals surface area contributed by atoms with Crippen molar-refractivity contribution in [3.63, 3.8) is 0 Å². The minimum absolute atomic E-state index is 0.261. The van der Waals surface area contributed by atoms with Gasteiger partial charge in [0.05, 0.1) is 18.5 Å². The average molecular weight is 349 g/mol. The van der Waals surface area contributed by atoms with E-state index in [1.807, 2.05) is 42.5 Å². The first-order valence-corrected chi connectivity index (χ1v) is 8.60. The number of anilines is 1. The highest BCUT2D eigenvalue weighted by molar-refractivity contribution is 7.13. The molecule has 0 fully saturated rings. The first-order valence-electron chi connectivity index (χ1n) is 7.72. The number of thiazole rings is 1. The molecule has 2 aromatic heterocycles. The lowest BCUT2D eigenvalue weighted by Crippen LogP contribution is -2.13. The Hall–Kier alpha value is -3.12. The fourth-order valence-electron chi connectivity index (χ4n) is 2.62. The zero-order chi connectivity index (χ0) is 17.2. The van der Waals surface area contributed by atoms with Crippen molar-refractivity contribution >= 4 is 33.8 Å². The molecule has 2 heterocycles. The molecule has 0 unspecified atom stereocenters. The minimum atomic E-state index is -0.261. The summed E-state index contributed by atoms with van der Waals surface area (Å²) in [5, 5.41) is 6.49. The molecule has 0 saturated heterocycles. The van der Waals surface area contributed by atoms with Crippen molar-refractivity contribution in [1.29, 1.82) is 0 Å². The minimum Gasteiger partial charge on any atom is -0.495 e. The number of para-hydroxylation sites is 3. The molecular weight excluding hydrogens is 334 g/mol. The van der Waals surface area contributed by atoms with Crippen LogP contribution in [0.25, 0.3) is 21.6 Å². The predicted octanol–water partition coefficient (Wildman–Crippen LogP) is 4.55. The van der Waals surface area contributed by atoms with Gasteiger partial charge in [-0.1, -0.05) is 30.3 Å². The highest BCUT2D eigenvalue weighted by Gasteiger charge is 2.15. The molecule has 25 heavy (non-hydrogen) atoms. The Morgan fingerprint density at radius 3 is 2.80 bits per heavy atom. The molecule has 2 N–H and O–H groups in total. The van der Waals surface area contributed by atoms with Crippen LogP contribution in [0.1, 0.15) is 10.5 Å². The number of amides is 1. The van der Waals surface area contributed by atoms with Crippen LogP contribution in [-0.2, 0) is 0 Å². The molecule has 6 heteroatoms. The number of H-pyrrole nitrogens is 1. The Labute approximate surface area is 148 Å². The van der Waals surface area contributed by atoms with Gasteiger partial charge in [0.15, 0.2) is 0 Å². The number of hydrogen-bond acceptors (Lipinski definition) is 4. The van der Waals surface area contributed by atoms with Crippen LogP contribution in [0.5, 0.6) is 5.75 Å². The summed E-state index contributed by atoms with van der Waals surface area (Å²) in [6.45, 7) is 0. The van der Waals surface area contributed by atoms with E-state index >= 15 is 0 Å². The number of nitrogens with one attached hydrogen (secondary N) is 2. The van der Waals surface area contributed by atoms with E-state index < -0.39 is 0 Å². The zero-order valence-corrected chi connectivity index (χ0v) is 14.3. The summed E-state index contributed by atoms with van der Waals surface area (Å²) in [6.07, 6.45) is 0. The number of aromatic amines is 1. The molecule has 4 rings (SSSR count). The topological polar surface area (TPSA) is 67.0 Å². The van der Waals surface area contributed by atoms with Crippen LogP contribution < -0.4 is 10.1 Å². The number of carbonyl (C=O) groups excluding carboxylic acids is 1. The summed E-state index contributed by atoms with van der Waals surface area (Å²) >= 11 is 1.43. The van der Waals surface area contributed by atoms with Crippen LogP contribution in [0, 0.1) is 0 Å². The van der Waals surface area contributed by atoms with Crippen LogP contribution in [0.3, 0.4) is 0 Å². The maximum Gasteiger partial charge on any atom is 0.275 e. The summed E-state index contributed by atoms with van der Waals surface area (Å²) in [7, 11) is 1.57. The number of ether oxygens (including phenoxy) is 1. The lowest BCUT2D eigenvalue weighted by molar-refractivity contribution is 0.102. The molecule has 0 saturated carbocycles. The molecule has 0 spiro atoms. The normalized spacial score (nSPS) is 10.8. The van der Waals surface area contributed by atoms with Gasteiger partial charge >= 0.3 is 0 Å². The lowest BCUT2D eigenvalue weighted by Gasteiger charge is -2.08. The number of aromatic nitrogens is 2. The van der Waals surface area contributed by atoms with E-state index in [4.69, 9.17) is 4.74 Å². The fourth-order valence-corrected chi connectivity index (χ4v) is 3.40. The smallest absolute Gasteiger partial charge is 0.275 e. The van der Waals surface area contributed by atoms with Crippen molar-refractivity contribution in [2.45, 2.75) is 0 Å². The van der Waals surface area contributed by atoms with Gasteiger partial charge in [0.1, 0.15) is 16.5 Å². The average Bonchev–Trinajstić information content (AvgIpc) is 3.29. The van der Waals surface area contributed by atoms with E-state index in [2.05, 4.69) is 15.3 Å². The van der Waals surface area contributed by atoms with Crippen LogP contribution >= 0.6 is 11.3 Å². The molecule has 0 atom stereocenters. The van der Waals surface area contributed by atoms with Gasteiger partial charge < -0.3 is 15.0 Å². The van der Waals surface area contributed by atoms with Gasteiger partial charge in [-0.15, -0.1) is 11.3 Å². The molecule has 0 aliphatic rings. The third-order valence-electron chi connectivity index (χ3n) is 3.85. The van der Waals surface area contributed by atoms with E-state index in [1.165, 1.54) is 11.3 Å². The Balaban J connectivity index is 1.59. The number of benzene rings is 2.